The number of alkyl halides is 1. The van der Waals surface area contributed by atoms with Crippen molar-refractivity contribution in [3.8, 4) is 0 Å². The fourth-order valence-electron chi connectivity index (χ4n) is 3.02. The molecule has 0 radical (unpaired) electrons. The van der Waals surface area contributed by atoms with E-state index in [0.29, 0.717) is 19.4 Å². The zero-order valence-electron chi connectivity index (χ0n) is 14.3. The number of hydrogen-bond acceptors (Lipinski definition) is 4. The molecule has 136 valence electrons. The van der Waals surface area contributed by atoms with Crippen molar-refractivity contribution < 1.29 is 14.4 Å². The maximum absolute atomic E-state index is 12.7. The van der Waals surface area contributed by atoms with Crippen molar-refractivity contribution in [3.63, 3.8) is 0 Å². The van der Waals surface area contributed by atoms with Crippen molar-refractivity contribution in [2.45, 2.75) is 44.3 Å². The third-order valence-electron chi connectivity index (χ3n) is 4.35. The summed E-state index contributed by atoms with van der Waals surface area (Å²) in [7, 11) is 0. The van der Waals surface area contributed by atoms with Crippen LogP contribution in [0.4, 0.5) is 0 Å². The highest BCUT2D eigenvalue weighted by atomic mass is 35.5. The monoisotopic (exact) mass is 365 g/mol. The lowest BCUT2D eigenvalue weighted by molar-refractivity contribution is -0.139. The van der Waals surface area contributed by atoms with Gasteiger partial charge in [0.05, 0.1) is 18.0 Å². The van der Waals surface area contributed by atoms with Crippen LogP contribution >= 0.6 is 11.6 Å². The molecule has 2 amide bonds. The molecule has 0 saturated carbocycles. The summed E-state index contributed by atoms with van der Waals surface area (Å²) in [5.74, 6) is -1.00. The first-order valence-electron chi connectivity index (χ1n) is 8.43. The molecule has 0 aromatic heterocycles. The SMILES string of the molecule is C[C@H](N)C(=O)N1CCC[C@H]1C(=O)N[C@@H](Cc1ccccc1)C(=O)CCl. The summed E-state index contributed by atoms with van der Waals surface area (Å²) < 4.78 is 0. The number of Topliss-reactive ketones (excluding diaryl/α,β-unsaturated/α-hetero) is 1. The maximum atomic E-state index is 12.7. The molecule has 25 heavy (non-hydrogen) atoms. The van der Waals surface area contributed by atoms with Gasteiger partial charge in [0.2, 0.25) is 11.8 Å². The molecule has 1 aliphatic heterocycles. The van der Waals surface area contributed by atoms with Crippen molar-refractivity contribution in [1.82, 2.24) is 10.2 Å². The van der Waals surface area contributed by atoms with Crippen LogP contribution in [0.5, 0.6) is 0 Å². The number of amides is 2. The van der Waals surface area contributed by atoms with Gasteiger partial charge in [-0.15, -0.1) is 11.6 Å². The molecule has 1 aromatic carbocycles. The Morgan fingerprint density at radius 1 is 1.32 bits per heavy atom. The summed E-state index contributed by atoms with van der Waals surface area (Å²) in [6.45, 7) is 2.11. The molecule has 7 heteroatoms. The molecule has 1 aromatic rings. The number of hydrogen-bond donors (Lipinski definition) is 2. The molecule has 0 aliphatic carbocycles. The van der Waals surface area contributed by atoms with Gasteiger partial charge in [0, 0.05) is 6.54 Å². The number of nitrogens with one attached hydrogen (secondary N) is 1. The quantitative estimate of drug-likeness (QED) is 0.701. The first kappa shape index (κ1) is 19.4. The topological polar surface area (TPSA) is 92.5 Å². The van der Waals surface area contributed by atoms with Gasteiger partial charge in [-0.25, -0.2) is 0 Å². The molecule has 2 rings (SSSR count). The second-order valence-electron chi connectivity index (χ2n) is 6.33. The van der Waals surface area contributed by atoms with E-state index in [-0.39, 0.29) is 23.5 Å². The summed E-state index contributed by atoms with van der Waals surface area (Å²) in [6, 6.07) is 7.47. The molecular formula is C18H24ClN3O3. The molecule has 3 N–H and O–H groups in total. The zero-order valence-corrected chi connectivity index (χ0v) is 15.0. The lowest BCUT2D eigenvalue weighted by atomic mass is 10.0. The standard InChI is InChI=1S/C18H24ClN3O3/c1-12(20)18(25)22-9-5-8-15(22)17(24)21-14(16(23)11-19)10-13-6-3-2-4-7-13/h2-4,6-7,12,14-15H,5,8-11,20H2,1H3,(H,21,24)/t12-,14-,15-/m0/s1. The second-order valence-corrected chi connectivity index (χ2v) is 6.60. The number of rotatable bonds is 7. The van der Waals surface area contributed by atoms with Crippen LogP contribution in [0.15, 0.2) is 30.3 Å². The first-order chi connectivity index (χ1) is 11.9. The number of ketones is 1. The Hall–Kier alpha value is -1.92. The van der Waals surface area contributed by atoms with Gasteiger partial charge in [-0.05, 0) is 31.7 Å². The molecule has 1 saturated heterocycles. The molecule has 3 atom stereocenters. The number of likely N-dealkylation sites (tertiary alicyclic amines) is 1. The van der Waals surface area contributed by atoms with E-state index in [0.717, 1.165) is 12.0 Å². The van der Waals surface area contributed by atoms with Crippen LogP contribution in [0.3, 0.4) is 0 Å². The minimum Gasteiger partial charge on any atom is -0.344 e. The average molecular weight is 366 g/mol. The van der Waals surface area contributed by atoms with Crippen molar-refractivity contribution in [2.24, 2.45) is 5.73 Å². The lowest BCUT2D eigenvalue weighted by Crippen LogP contribution is -2.54. The Labute approximate surface area is 152 Å². The van der Waals surface area contributed by atoms with Crippen LogP contribution in [0.2, 0.25) is 0 Å². The Balaban J connectivity index is 2.08. The van der Waals surface area contributed by atoms with Gasteiger partial charge >= 0.3 is 0 Å². The molecule has 1 heterocycles. The maximum Gasteiger partial charge on any atom is 0.243 e. The van der Waals surface area contributed by atoms with Gasteiger partial charge in [-0.2, -0.15) is 0 Å². The number of halogens is 1. The van der Waals surface area contributed by atoms with Crippen molar-refractivity contribution in [3.05, 3.63) is 35.9 Å². The summed E-state index contributed by atoms with van der Waals surface area (Å²) >= 11 is 5.69. The Morgan fingerprint density at radius 2 is 2.00 bits per heavy atom. The Bertz CT molecular complexity index is 621. The number of nitrogens with two attached hydrogens (primary N) is 1. The van der Waals surface area contributed by atoms with Gasteiger partial charge in [0.15, 0.2) is 5.78 Å². The van der Waals surface area contributed by atoms with Gasteiger partial charge in [0.1, 0.15) is 6.04 Å². The average Bonchev–Trinajstić information content (AvgIpc) is 3.10. The fourth-order valence-corrected chi connectivity index (χ4v) is 3.21. The van der Waals surface area contributed by atoms with Crippen molar-refractivity contribution >= 4 is 29.2 Å². The minimum absolute atomic E-state index is 0.176. The number of carbonyl (C=O) groups is 3. The largest absolute Gasteiger partial charge is 0.344 e. The number of nitrogens with zero attached hydrogens (tertiary/aromatic N) is 1. The van der Waals surface area contributed by atoms with Crippen molar-refractivity contribution in [1.29, 1.82) is 0 Å². The van der Waals surface area contributed by atoms with Crippen LogP contribution in [0, 0.1) is 0 Å². The van der Waals surface area contributed by atoms with Gasteiger partial charge in [0.25, 0.3) is 0 Å². The fraction of sp³-hybridized carbons (Fsp3) is 0.500. The lowest BCUT2D eigenvalue weighted by Gasteiger charge is -2.27. The molecule has 1 aliphatic rings. The second kappa shape index (κ2) is 8.97. The van der Waals surface area contributed by atoms with Crippen LogP contribution in [-0.4, -0.2) is 53.0 Å². The van der Waals surface area contributed by atoms with Crippen molar-refractivity contribution in [2.75, 3.05) is 12.4 Å². The number of benzene rings is 1. The summed E-state index contributed by atoms with van der Waals surface area (Å²) in [5.41, 5.74) is 6.59. The predicted molar refractivity (Wildman–Crippen MR) is 96.2 cm³/mol. The molecule has 0 spiro atoms. The van der Waals surface area contributed by atoms with Crippen LogP contribution < -0.4 is 11.1 Å². The predicted octanol–water partition coefficient (Wildman–Crippen LogP) is 0.860. The van der Waals surface area contributed by atoms with Crippen LogP contribution in [0.25, 0.3) is 0 Å². The van der Waals surface area contributed by atoms with E-state index in [1.54, 1.807) is 6.92 Å². The van der Waals surface area contributed by atoms with E-state index in [4.69, 9.17) is 17.3 Å². The van der Waals surface area contributed by atoms with E-state index in [9.17, 15) is 14.4 Å². The summed E-state index contributed by atoms with van der Waals surface area (Å²) in [4.78, 5) is 38.5. The Kier molecular flexibility index (Phi) is 6.96. The molecule has 1 fully saturated rings. The van der Waals surface area contributed by atoms with Gasteiger partial charge < -0.3 is 16.0 Å². The normalized spacial score (nSPS) is 19.3. The van der Waals surface area contributed by atoms with E-state index >= 15 is 0 Å². The first-order valence-corrected chi connectivity index (χ1v) is 8.96. The smallest absolute Gasteiger partial charge is 0.243 e. The molecule has 6 nitrogen and oxygen atoms in total. The highest BCUT2D eigenvalue weighted by molar-refractivity contribution is 6.28. The zero-order chi connectivity index (χ0) is 18.4. The highest BCUT2D eigenvalue weighted by Gasteiger charge is 2.36. The van der Waals surface area contributed by atoms with E-state index in [1.165, 1.54) is 4.90 Å². The third kappa shape index (κ3) is 5.03. The summed E-state index contributed by atoms with van der Waals surface area (Å²) in [5, 5.41) is 2.77. The van der Waals surface area contributed by atoms with Gasteiger partial charge in [-0.3, -0.25) is 14.4 Å². The summed E-state index contributed by atoms with van der Waals surface area (Å²) in [6.07, 6.45) is 1.67. The van der Waals surface area contributed by atoms with Crippen LogP contribution in [0.1, 0.15) is 25.3 Å². The molecule has 0 bridgehead atoms. The van der Waals surface area contributed by atoms with Gasteiger partial charge in [-0.1, -0.05) is 30.3 Å². The number of carbonyl (C=O) groups excluding carboxylic acids is 3. The Morgan fingerprint density at radius 3 is 2.60 bits per heavy atom. The third-order valence-corrected chi connectivity index (χ3v) is 4.61. The highest BCUT2D eigenvalue weighted by Crippen LogP contribution is 2.19. The molecular weight excluding hydrogens is 342 g/mol. The van der Waals surface area contributed by atoms with E-state index in [1.807, 2.05) is 30.3 Å². The van der Waals surface area contributed by atoms with E-state index < -0.39 is 18.1 Å². The molecule has 0 unspecified atom stereocenters. The van der Waals surface area contributed by atoms with Crippen LogP contribution in [-0.2, 0) is 20.8 Å². The van der Waals surface area contributed by atoms with E-state index in [2.05, 4.69) is 5.32 Å². The minimum atomic E-state index is -0.708.